The Hall–Kier alpha value is -1.59. The predicted octanol–water partition coefficient (Wildman–Crippen LogP) is 1.00. The van der Waals surface area contributed by atoms with E-state index in [2.05, 4.69) is 0 Å². The molecule has 19 heavy (non-hydrogen) atoms. The smallest absolute Gasteiger partial charge is 0.161 e. The zero-order valence-electron chi connectivity index (χ0n) is 11.3. The SMILES string of the molecule is COc1ccc(OC)c2c1C[C@@](O)(C(C)=O)C[C@H]2O. The van der Waals surface area contributed by atoms with Crippen LogP contribution in [-0.4, -0.2) is 35.8 Å². The van der Waals surface area contributed by atoms with E-state index in [1.807, 2.05) is 0 Å². The maximum atomic E-state index is 11.6. The molecule has 5 heteroatoms. The molecule has 0 aliphatic heterocycles. The Kier molecular flexibility index (Phi) is 3.52. The highest BCUT2D eigenvalue weighted by molar-refractivity contribution is 5.86. The second-order valence-electron chi connectivity index (χ2n) is 4.85. The van der Waals surface area contributed by atoms with Gasteiger partial charge in [-0.25, -0.2) is 0 Å². The number of ether oxygens (including phenoxy) is 2. The minimum Gasteiger partial charge on any atom is -0.496 e. The van der Waals surface area contributed by atoms with Gasteiger partial charge < -0.3 is 19.7 Å². The Morgan fingerprint density at radius 3 is 2.42 bits per heavy atom. The Balaban J connectivity index is 2.60. The van der Waals surface area contributed by atoms with Gasteiger partial charge in [0.1, 0.15) is 17.1 Å². The van der Waals surface area contributed by atoms with Crippen LogP contribution in [-0.2, 0) is 11.2 Å². The quantitative estimate of drug-likeness (QED) is 0.853. The molecule has 0 fully saturated rings. The minimum atomic E-state index is -1.55. The fraction of sp³-hybridized carbons (Fsp3) is 0.500. The van der Waals surface area contributed by atoms with Gasteiger partial charge in [-0.05, 0) is 19.1 Å². The van der Waals surface area contributed by atoms with E-state index in [0.717, 1.165) is 0 Å². The lowest BCUT2D eigenvalue weighted by Gasteiger charge is -2.35. The molecular weight excluding hydrogens is 248 g/mol. The average Bonchev–Trinajstić information content (AvgIpc) is 2.37. The van der Waals surface area contributed by atoms with E-state index >= 15 is 0 Å². The van der Waals surface area contributed by atoms with Crippen LogP contribution in [0, 0.1) is 0 Å². The largest absolute Gasteiger partial charge is 0.496 e. The maximum absolute atomic E-state index is 11.6. The molecule has 0 aromatic heterocycles. The first kappa shape index (κ1) is 13.8. The van der Waals surface area contributed by atoms with Crippen LogP contribution in [0.5, 0.6) is 11.5 Å². The molecule has 1 aromatic rings. The standard InChI is InChI=1S/C14H18O5/c1-8(15)14(17)6-9-11(18-2)4-5-12(19-3)13(9)10(16)7-14/h4-5,10,16-17H,6-7H2,1-3H3/t10-,14+/m1/s1. The van der Waals surface area contributed by atoms with Crippen molar-refractivity contribution in [3.05, 3.63) is 23.3 Å². The van der Waals surface area contributed by atoms with Gasteiger partial charge in [0, 0.05) is 24.0 Å². The molecule has 0 bridgehead atoms. The number of hydrogen-bond acceptors (Lipinski definition) is 5. The van der Waals surface area contributed by atoms with Crippen LogP contribution in [0.3, 0.4) is 0 Å². The molecular formula is C14H18O5. The molecule has 0 unspecified atom stereocenters. The molecule has 1 aliphatic rings. The van der Waals surface area contributed by atoms with Crippen molar-refractivity contribution in [2.45, 2.75) is 31.5 Å². The van der Waals surface area contributed by atoms with Crippen molar-refractivity contribution in [1.82, 2.24) is 0 Å². The highest BCUT2D eigenvalue weighted by Gasteiger charge is 2.43. The summed E-state index contributed by atoms with van der Waals surface area (Å²) in [6, 6.07) is 3.41. The summed E-state index contributed by atoms with van der Waals surface area (Å²) in [6.45, 7) is 1.32. The van der Waals surface area contributed by atoms with Crippen molar-refractivity contribution in [2.24, 2.45) is 0 Å². The third kappa shape index (κ3) is 2.19. The zero-order chi connectivity index (χ0) is 14.2. The third-order valence-corrected chi connectivity index (χ3v) is 3.70. The van der Waals surface area contributed by atoms with Gasteiger partial charge in [0.15, 0.2) is 5.78 Å². The first-order valence-electron chi connectivity index (χ1n) is 6.08. The van der Waals surface area contributed by atoms with Crippen LogP contribution in [0.15, 0.2) is 12.1 Å². The van der Waals surface area contributed by atoms with Crippen molar-refractivity contribution >= 4 is 5.78 Å². The lowest BCUT2D eigenvalue weighted by Crippen LogP contribution is -2.44. The second kappa shape index (κ2) is 4.83. The lowest BCUT2D eigenvalue weighted by molar-refractivity contribution is -0.139. The van der Waals surface area contributed by atoms with Gasteiger partial charge in [0.05, 0.1) is 20.3 Å². The van der Waals surface area contributed by atoms with Crippen molar-refractivity contribution in [2.75, 3.05) is 14.2 Å². The normalized spacial score (nSPS) is 25.6. The summed E-state index contributed by atoms with van der Waals surface area (Å²) in [5.41, 5.74) is -0.336. The summed E-state index contributed by atoms with van der Waals surface area (Å²) in [7, 11) is 3.02. The summed E-state index contributed by atoms with van der Waals surface area (Å²) in [5, 5.41) is 20.6. The maximum Gasteiger partial charge on any atom is 0.161 e. The number of hydrogen-bond donors (Lipinski definition) is 2. The van der Waals surface area contributed by atoms with Crippen molar-refractivity contribution in [3.8, 4) is 11.5 Å². The Labute approximate surface area is 111 Å². The van der Waals surface area contributed by atoms with E-state index < -0.39 is 11.7 Å². The van der Waals surface area contributed by atoms with Gasteiger partial charge in [0.2, 0.25) is 0 Å². The van der Waals surface area contributed by atoms with Crippen LogP contribution in [0.1, 0.15) is 30.6 Å². The molecule has 5 nitrogen and oxygen atoms in total. The lowest BCUT2D eigenvalue weighted by atomic mass is 9.76. The molecule has 0 saturated heterocycles. The van der Waals surface area contributed by atoms with Crippen LogP contribution in [0.4, 0.5) is 0 Å². The van der Waals surface area contributed by atoms with Crippen LogP contribution in [0.2, 0.25) is 0 Å². The number of Topliss-reactive ketones (excluding diaryl/α,β-unsaturated/α-hetero) is 1. The van der Waals surface area contributed by atoms with E-state index in [9.17, 15) is 15.0 Å². The van der Waals surface area contributed by atoms with Crippen LogP contribution in [0.25, 0.3) is 0 Å². The van der Waals surface area contributed by atoms with Crippen molar-refractivity contribution < 1.29 is 24.5 Å². The van der Waals surface area contributed by atoms with Gasteiger partial charge >= 0.3 is 0 Å². The number of rotatable bonds is 3. The number of aliphatic hydroxyl groups excluding tert-OH is 1. The van der Waals surface area contributed by atoms with E-state index in [1.165, 1.54) is 21.1 Å². The molecule has 0 saturated carbocycles. The van der Waals surface area contributed by atoms with Gasteiger partial charge in [-0.15, -0.1) is 0 Å². The highest BCUT2D eigenvalue weighted by Crippen LogP contribution is 2.44. The van der Waals surface area contributed by atoms with E-state index in [0.29, 0.717) is 22.6 Å². The topological polar surface area (TPSA) is 76.0 Å². The molecule has 1 aromatic carbocycles. The van der Waals surface area contributed by atoms with Gasteiger partial charge in [-0.3, -0.25) is 4.79 Å². The molecule has 0 spiro atoms. The van der Waals surface area contributed by atoms with Crippen LogP contribution >= 0.6 is 0 Å². The minimum absolute atomic E-state index is 0.0289. The number of methoxy groups -OCH3 is 2. The van der Waals surface area contributed by atoms with Crippen molar-refractivity contribution in [1.29, 1.82) is 0 Å². The van der Waals surface area contributed by atoms with Crippen molar-refractivity contribution in [3.63, 3.8) is 0 Å². The fourth-order valence-electron chi connectivity index (χ4n) is 2.59. The summed E-state index contributed by atoms with van der Waals surface area (Å²) < 4.78 is 10.5. The number of aliphatic hydroxyl groups is 2. The Morgan fingerprint density at radius 2 is 1.89 bits per heavy atom. The van der Waals surface area contributed by atoms with Crippen LogP contribution < -0.4 is 9.47 Å². The van der Waals surface area contributed by atoms with Gasteiger partial charge in [0.25, 0.3) is 0 Å². The molecule has 1 aliphatic carbocycles. The fourth-order valence-corrected chi connectivity index (χ4v) is 2.59. The molecule has 2 N–H and O–H groups in total. The third-order valence-electron chi connectivity index (χ3n) is 3.70. The monoisotopic (exact) mass is 266 g/mol. The summed E-state index contributed by atoms with van der Waals surface area (Å²) >= 11 is 0. The molecule has 0 amide bonds. The highest BCUT2D eigenvalue weighted by atomic mass is 16.5. The number of benzene rings is 1. The first-order valence-corrected chi connectivity index (χ1v) is 6.08. The summed E-state index contributed by atoms with van der Waals surface area (Å²) in [6.07, 6.45) is -0.865. The molecule has 2 rings (SSSR count). The zero-order valence-corrected chi connectivity index (χ0v) is 11.3. The Bertz CT molecular complexity index is 511. The van der Waals surface area contributed by atoms with E-state index in [4.69, 9.17) is 9.47 Å². The Morgan fingerprint density at radius 1 is 1.32 bits per heavy atom. The predicted molar refractivity (Wildman–Crippen MR) is 68.5 cm³/mol. The molecule has 2 atom stereocenters. The summed E-state index contributed by atoms with van der Waals surface area (Å²) in [4.78, 5) is 11.6. The molecule has 0 radical (unpaired) electrons. The second-order valence-corrected chi connectivity index (χ2v) is 4.85. The van der Waals surface area contributed by atoms with E-state index in [1.54, 1.807) is 12.1 Å². The number of fused-ring (bicyclic) bond motifs is 1. The number of carbonyl (C=O) groups is 1. The average molecular weight is 266 g/mol. The molecule has 104 valence electrons. The summed E-state index contributed by atoms with van der Waals surface area (Å²) in [5.74, 6) is 0.713. The molecule has 0 heterocycles. The first-order chi connectivity index (χ1) is 8.92. The van der Waals surface area contributed by atoms with Gasteiger partial charge in [-0.2, -0.15) is 0 Å². The van der Waals surface area contributed by atoms with E-state index in [-0.39, 0.29) is 18.6 Å². The number of ketones is 1. The number of carbonyl (C=O) groups excluding carboxylic acids is 1. The van der Waals surface area contributed by atoms with Gasteiger partial charge in [-0.1, -0.05) is 0 Å².